The SMILES string of the molecule is CN(C)C(=O)c1cc(Br)cc(C(=O)O)c1. The first-order valence-corrected chi connectivity index (χ1v) is 4.96. The second kappa shape index (κ2) is 4.44. The van der Waals surface area contributed by atoms with Crippen LogP contribution in [0.25, 0.3) is 0 Å². The number of benzene rings is 1. The van der Waals surface area contributed by atoms with Crippen molar-refractivity contribution in [2.75, 3.05) is 14.1 Å². The van der Waals surface area contributed by atoms with Gasteiger partial charge in [0.15, 0.2) is 0 Å². The van der Waals surface area contributed by atoms with E-state index in [0.717, 1.165) is 0 Å². The lowest BCUT2D eigenvalue weighted by Crippen LogP contribution is -2.22. The summed E-state index contributed by atoms with van der Waals surface area (Å²) in [5, 5.41) is 8.81. The monoisotopic (exact) mass is 271 g/mol. The number of carbonyl (C=O) groups is 2. The summed E-state index contributed by atoms with van der Waals surface area (Å²) >= 11 is 3.16. The van der Waals surface area contributed by atoms with Crippen LogP contribution in [0.15, 0.2) is 22.7 Å². The quantitative estimate of drug-likeness (QED) is 0.893. The molecular formula is C10H10BrNO3. The Balaban J connectivity index is 3.20. The molecule has 0 saturated heterocycles. The Morgan fingerprint density at radius 1 is 1.20 bits per heavy atom. The standard InChI is InChI=1S/C10H10BrNO3/c1-12(2)9(13)6-3-7(10(14)15)5-8(11)4-6/h3-5H,1-2H3,(H,14,15). The molecule has 0 bridgehead atoms. The number of hydrogen-bond donors (Lipinski definition) is 1. The molecule has 1 aromatic carbocycles. The summed E-state index contributed by atoms with van der Waals surface area (Å²) in [4.78, 5) is 23.7. The van der Waals surface area contributed by atoms with E-state index in [4.69, 9.17) is 5.11 Å². The molecule has 0 aliphatic carbocycles. The largest absolute Gasteiger partial charge is 0.478 e. The van der Waals surface area contributed by atoms with Gasteiger partial charge in [-0.05, 0) is 18.2 Å². The van der Waals surface area contributed by atoms with Gasteiger partial charge in [0.2, 0.25) is 0 Å². The minimum atomic E-state index is -1.05. The number of rotatable bonds is 2. The fourth-order valence-electron chi connectivity index (χ4n) is 1.09. The van der Waals surface area contributed by atoms with E-state index in [1.54, 1.807) is 20.2 Å². The van der Waals surface area contributed by atoms with Crippen molar-refractivity contribution >= 4 is 27.8 Å². The molecule has 0 aromatic heterocycles. The maximum Gasteiger partial charge on any atom is 0.335 e. The molecule has 0 fully saturated rings. The molecule has 1 amide bonds. The topological polar surface area (TPSA) is 57.6 Å². The van der Waals surface area contributed by atoms with Crippen LogP contribution in [-0.4, -0.2) is 36.0 Å². The number of carboxylic acids is 1. The van der Waals surface area contributed by atoms with Crippen LogP contribution in [0.2, 0.25) is 0 Å². The van der Waals surface area contributed by atoms with Gasteiger partial charge in [-0.3, -0.25) is 4.79 Å². The van der Waals surface area contributed by atoms with Crippen LogP contribution in [0.1, 0.15) is 20.7 Å². The van der Waals surface area contributed by atoms with Gasteiger partial charge in [-0.2, -0.15) is 0 Å². The molecule has 0 atom stereocenters. The van der Waals surface area contributed by atoms with Crippen LogP contribution >= 0.6 is 15.9 Å². The Kier molecular flexibility index (Phi) is 3.47. The van der Waals surface area contributed by atoms with Crippen molar-refractivity contribution in [3.05, 3.63) is 33.8 Å². The van der Waals surface area contributed by atoms with E-state index in [1.807, 2.05) is 0 Å². The highest BCUT2D eigenvalue weighted by molar-refractivity contribution is 9.10. The normalized spacial score (nSPS) is 9.80. The van der Waals surface area contributed by atoms with Crippen LogP contribution in [0.5, 0.6) is 0 Å². The molecule has 1 rings (SSSR count). The van der Waals surface area contributed by atoms with Gasteiger partial charge < -0.3 is 10.0 Å². The lowest BCUT2D eigenvalue weighted by Gasteiger charge is -2.10. The lowest BCUT2D eigenvalue weighted by atomic mass is 10.1. The summed E-state index contributed by atoms with van der Waals surface area (Å²) in [6.45, 7) is 0. The van der Waals surface area contributed by atoms with E-state index >= 15 is 0 Å². The van der Waals surface area contributed by atoms with Crippen LogP contribution in [0, 0.1) is 0 Å². The minimum absolute atomic E-state index is 0.0922. The zero-order chi connectivity index (χ0) is 11.6. The number of carbonyl (C=O) groups excluding carboxylic acids is 1. The molecule has 4 nitrogen and oxygen atoms in total. The molecule has 80 valence electrons. The van der Waals surface area contributed by atoms with E-state index in [9.17, 15) is 9.59 Å². The van der Waals surface area contributed by atoms with Gasteiger partial charge in [0.1, 0.15) is 0 Å². The van der Waals surface area contributed by atoms with Gasteiger partial charge in [0.25, 0.3) is 5.91 Å². The smallest absolute Gasteiger partial charge is 0.335 e. The van der Waals surface area contributed by atoms with E-state index < -0.39 is 5.97 Å². The van der Waals surface area contributed by atoms with Crippen LogP contribution in [0.3, 0.4) is 0 Å². The highest BCUT2D eigenvalue weighted by Crippen LogP contribution is 2.16. The van der Waals surface area contributed by atoms with Gasteiger partial charge in [-0.25, -0.2) is 4.79 Å². The molecule has 0 spiro atoms. The van der Waals surface area contributed by atoms with Crippen LogP contribution in [-0.2, 0) is 0 Å². The number of aromatic carboxylic acids is 1. The summed E-state index contributed by atoms with van der Waals surface area (Å²) in [5.74, 6) is -1.28. The molecule has 0 saturated carbocycles. The van der Waals surface area contributed by atoms with Crippen molar-refractivity contribution in [1.82, 2.24) is 4.90 Å². The molecule has 15 heavy (non-hydrogen) atoms. The molecule has 5 heteroatoms. The summed E-state index contributed by atoms with van der Waals surface area (Å²) < 4.78 is 0.576. The predicted molar refractivity (Wildman–Crippen MR) is 59.1 cm³/mol. The third kappa shape index (κ3) is 2.79. The molecule has 1 aromatic rings. The summed E-state index contributed by atoms with van der Waals surface area (Å²) in [7, 11) is 3.23. The first-order chi connectivity index (χ1) is 6.91. The zero-order valence-corrected chi connectivity index (χ0v) is 9.91. The minimum Gasteiger partial charge on any atom is -0.478 e. The van der Waals surface area contributed by atoms with Gasteiger partial charge in [-0.1, -0.05) is 15.9 Å². The maximum atomic E-state index is 11.6. The first kappa shape index (κ1) is 11.7. The van der Waals surface area contributed by atoms with Gasteiger partial charge in [0.05, 0.1) is 5.56 Å². The van der Waals surface area contributed by atoms with Crippen molar-refractivity contribution in [1.29, 1.82) is 0 Å². The molecule has 1 N–H and O–H groups in total. The molecule has 0 heterocycles. The van der Waals surface area contributed by atoms with Crippen molar-refractivity contribution in [2.45, 2.75) is 0 Å². The summed E-state index contributed by atoms with van der Waals surface area (Å²) in [5.41, 5.74) is 0.446. The zero-order valence-electron chi connectivity index (χ0n) is 8.32. The number of carboxylic acid groups (broad SMARTS) is 1. The Morgan fingerprint density at radius 3 is 2.20 bits per heavy atom. The average Bonchev–Trinajstić information content (AvgIpc) is 2.15. The molecular weight excluding hydrogens is 262 g/mol. The molecule has 0 aliphatic heterocycles. The van der Waals surface area contributed by atoms with E-state index in [2.05, 4.69) is 15.9 Å². The maximum absolute atomic E-state index is 11.6. The van der Waals surface area contributed by atoms with Crippen LogP contribution in [0.4, 0.5) is 0 Å². The van der Waals surface area contributed by atoms with Crippen LogP contribution < -0.4 is 0 Å². The Labute approximate surface area is 95.6 Å². The fourth-order valence-corrected chi connectivity index (χ4v) is 1.59. The highest BCUT2D eigenvalue weighted by Gasteiger charge is 2.12. The Hall–Kier alpha value is -1.36. The third-order valence-corrected chi connectivity index (χ3v) is 2.26. The third-order valence-electron chi connectivity index (χ3n) is 1.80. The van der Waals surface area contributed by atoms with Crippen molar-refractivity contribution in [3.8, 4) is 0 Å². The van der Waals surface area contributed by atoms with Gasteiger partial charge >= 0.3 is 5.97 Å². The van der Waals surface area contributed by atoms with Crippen molar-refractivity contribution in [2.24, 2.45) is 0 Å². The second-order valence-electron chi connectivity index (χ2n) is 3.23. The summed E-state index contributed by atoms with van der Waals surface area (Å²) in [6, 6.07) is 4.40. The summed E-state index contributed by atoms with van der Waals surface area (Å²) in [6.07, 6.45) is 0. The highest BCUT2D eigenvalue weighted by atomic mass is 79.9. The average molecular weight is 272 g/mol. The fraction of sp³-hybridized carbons (Fsp3) is 0.200. The molecule has 0 aliphatic rings. The number of amides is 1. The van der Waals surface area contributed by atoms with Crippen molar-refractivity contribution in [3.63, 3.8) is 0 Å². The Morgan fingerprint density at radius 2 is 1.73 bits per heavy atom. The van der Waals surface area contributed by atoms with E-state index in [1.165, 1.54) is 17.0 Å². The molecule has 0 unspecified atom stereocenters. The molecule has 0 radical (unpaired) electrons. The van der Waals surface area contributed by atoms with E-state index in [0.29, 0.717) is 10.0 Å². The van der Waals surface area contributed by atoms with Gasteiger partial charge in [-0.15, -0.1) is 0 Å². The number of nitrogens with zero attached hydrogens (tertiary/aromatic N) is 1. The van der Waals surface area contributed by atoms with Gasteiger partial charge in [0, 0.05) is 24.1 Å². The predicted octanol–water partition coefficient (Wildman–Crippen LogP) is 1.85. The lowest BCUT2D eigenvalue weighted by molar-refractivity contribution is 0.0697. The van der Waals surface area contributed by atoms with Crippen molar-refractivity contribution < 1.29 is 14.7 Å². The van der Waals surface area contributed by atoms with E-state index in [-0.39, 0.29) is 11.5 Å². The Bertz CT molecular complexity index is 415. The number of hydrogen-bond acceptors (Lipinski definition) is 2. The number of halogens is 1. The first-order valence-electron chi connectivity index (χ1n) is 4.17. The second-order valence-corrected chi connectivity index (χ2v) is 4.15.